The quantitative estimate of drug-likeness (QED) is 0.713. The minimum Gasteiger partial charge on any atom is -0.340 e. The predicted molar refractivity (Wildman–Crippen MR) is 120 cm³/mol. The molecule has 3 rings (SSSR count). The van der Waals surface area contributed by atoms with Gasteiger partial charge in [-0.1, -0.05) is 44.2 Å². The Balaban J connectivity index is 1.79. The lowest BCUT2D eigenvalue weighted by atomic mass is 10.0. The maximum atomic E-state index is 13.1. The van der Waals surface area contributed by atoms with E-state index in [9.17, 15) is 18.0 Å². The van der Waals surface area contributed by atoms with Gasteiger partial charge in [-0.2, -0.15) is 4.72 Å². The summed E-state index contributed by atoms with van der Waals surface area (Å²) in [4.78, 5) is 28.1. The molecule has 0 saturated heterocycles. The second kappa shape index (κ2) is 9.20. The van der Waals surface area contributed by atoms with Crippen molar-refractivity contribution in [1.29, 1.82) is 0 Å². The Morgan fingerprint density at radius 1 is 1.13 bits per heavy atom. The molecule has 0 spiro atoms. The summed E-state index contributed by atoms with van der Waals surface area (Å²) in [7, 11) is -2.24. The number of hydrogen-bond donors (Lipinski definition) is 1. The number of fused-ring (bicyclic) bond motifs is 1. The van der Waals surface area contributed by atoms with Crippen molar-refractivity contribution >= 4 is 27.5 Å². The molecular weight excluding hydrogens is 414 g/mol. The van der Waals surface area contributed by atoms with Crippen LogP contribution in [-0.2, 0) is 32.6 Å². The molecule has 0 fully saturated rings. The Bertz CT molecular complexity index is 1070. The van der Waals surface area contributed by atoms with E-state index in [1.807, 2.05) is 44.2 Å². The van der Waals surface area contributed by atoms with Gasteiger partial charge in [0.05, 0.1) is 4.90 Å². The van der Waals surface area contributed by atoms with Gasteiger partial charge in [-0.05, 0) is 41.7 Å². The summed E-state index contributed by atoms with van der Waals surface area (Å²) >= 11 is 0. The standard InChI is InChI=1S/C23H29N3O4S/c1-16(2)22(23(28)25(4)15-18-8-6-5-7-9-18)24-31(29,30)20-10-11-21-19(14-20)12-13-26(21)17(3)27/h5-11,14,16,22,24H,12-13,15H2,1-4H3/t22-/m1/s1. The first-order chi connectivity index (χ1) is 14.6. The normalized spacial score (nSPS) is 14.4. The number of benzene rings is 2. The van der Waals surface area contributed by atoms with Crippen molar-refractivity contribution in [1.82, 2.24) is 9.62 Å². The molecule has 2 amide bonds. The van der Waals surface area contributed by atoms with E-state index >= 15 is 0 Å². The molecule has 0 unspecified atom stereocenters. The highest BCUT2D eigenvalue weighted by Gasteiger charge is 2.31. The zero-order valence-electron chi connectivity index (χ0n) is 18.3. The van der Waals surface area contributed by atoms with Gasteiger partial charge >= 0.3 is 0 Å². The third-order valence-corrected chi connectivity index (χ3v) is 6.93. The van der Waals surface area contributed by atoms with Crippen LogP contribution >= 0.6 is 0 Å². The predicted octanol–water partition coefficient (Wildman–Crippen LogP) is 2.56. The lowest BCUT2D eigenvalue weighted by Gasteiger charge is -2.27. The highest BCUT2D eigenvalue weighted by atomic mass is 32.2. The molecule has 2 aromatic carbocycles. The molecule has 2 aromatic rings. The summed E-state index contributed by atoms with van der Waals surface area (Å²) < 4.78 is 28.8. The number of amides is 2. The van der Waals surface area contributed by atoms with Crippen LogP contribution in [0.4, 0.5) is 5.69 Å². The number of carbonyl (C=O) groups excluding carboxylic acids is 2. The van der Waals surface area contributed by atoms with Crippen LogP contribution in [0.1, 0.15) is 31.9 Å². The van der Waals surface area contributed by atoms with Crippen molar-refractivity contribution in [3.05, 3.63) is 59.7 Å². The maximum Gasteiger partial charge on any atom is 0.241 e. The first kappa shape index (κ1) is 23.0. The molecule has 1 aliphatic heterocycles. The van der Waals surface area contributed by atoms with Gasteiger partial charge < -0.3 is 9.80 Å². The fourth-order valence-corrected chi connectivity index (χ4v) is 5.14. The average molecular weight is 444 g/mol. The molecule has 1 heterocycles. The number of carbonyl (C=O) groups is 2. The number of likely N-dealkylation sites (N-methyl/N-ethyl adjacent to an activating group) is 1. The van der Waals surface area contributed by atoms with E-state index in [1.54, 1.807) is 24.1 Å². The molecule has 0 aliphatic carbocycles. The van der Waals surface area contributed by atoms with Crippen molar-refractivity contribution < 1.29 is 18.0 Å². The second-order valence-electron chi connectivity index (χ2n) is 8.23. The van der Waals surface area contributed by atoms with E-state index in [4.69, 9.17) is 0 Å². The second-order valence-corrected chi connectivity index (χ2v) is 9.95. The zero-order chi connectivity index (χ0) is 22.8. The maximum absolute atomic E-state index is 13.1. The number of hydrogen-bond acceptors (Lipinski definition) is 4. The van der Waals surface area contributed by atoms with Crippen molar-refractivity contribution in [3.63, 3.8) is 0 Å². The first-order valence-electron chi connectivity index (χ1n) is 10.3. The highest BCUT2D eigenvalue weighted by molar-refractivity contribution is 7.89. The Labute approximate surface area is 184 Å². The summed E-state index contributed by atoms with van der Waals surface area (Å²) in [6.45, 7) is 6.05. The Kier molecular flexibility index (Phi) is 6.81. The highest BCUT2D eigenvalue weighted by Crippen LogP contribution is 2.30. The van der Waals surface area contributed by atoms with Crippen LogP contribution in [0.25, 0.3) is 0 Å². The molecule has 1 N–H and O–H groups in total. The fraction of sp³-hybridized carbons (Fsp3) is 0.391. The molecular formula is C23H29N3O4S. The summed E-state index contributed by atoms with van der Waals surface area (Å²) in [5, 5.41) is 0. The zero-order valence-corrected chi connectivity index (χ0v) is 19.1. The average Bonchev–Trinajstić information content (AvgIpc) is 3.15. The largest absolute Gasteiger partial charge is 0.340 e. The van der Waals surface area contributed by atoms with Crippen molar-refractivity contribution in [2.24, 2.45) is 5.92 Å². The Morgan fingerprint density at radius 2 is 1.81 bits per heavy atom. The van der Waals surface area contributed by atoms with Crippen molar-refractivity contribution in [2.45, 2.75) is 44.7 Å². The van der Waals surface area contributed by atoms with Crippen LogP contribution in [0.5, 0.6) is 0 Å². The van der Waals surface area contributed by atoms with Gasteiger partial charge in [0.2, 0.25) is 21.8 Å². The van der Waals surface area contributed by atoms with E-state index in [2.05, 4.69) is 4.72 Å². The minimum atomic E-state index is -3.92. The van der Waals surface area contributed by atoms with Crippen LogP contribution in [0.3, 0.4) is 0 Å². The molecule has 0 aromatic heterocycles. The van der Waals surface area contributed by atoms with Crippen LogP contribution in [0, 0.1) is 5.92 Å². The number of sulfonamides is 1. The van der Waals surface area contributed by atoms with Crippen molar-refractivity contribution in [2.75, 3.05) is 18.5 Å². The molecule has 31 heavy (non-hydrogen) atoms. The molecule has 1 atom stereocenters. The van der Waals surface area contributed by atoms with Gasteiger partial charge in [0, 0.05) is 32.7 Å². The van der Waals surface area contributed by atoms with Gasteiger partial charge in [0.15, 0.2) is 0 Å². The summed E-state index contributed by atoms with van der Waals surface area (Å²) in [6, 6.07) is 13.4. The van der Waals surface area contributed by atoms with E-state index in [-0.39, 0.29) is 22.6 Å². The van der Waals surface area contributed by atoms with Gasteiger partial charge in [0.25, 0.3) is 0 Å². The van der Waals surface area contributed by atoms with Gasteiger partial charge in [-0.3, -0.25) is 9.59 Å². The van der Waals surface area contributed by atoms with Gasteiger partial charge in [0.1, 0.15) is 6.04 Å². The van der Waals surface area contributed by atoms with Crippen molar-refractivity contribution in [3.8, 4) is 0 Å². The fourth-order valence-electron chi connectivity index (χ4n) is 3.75. The molecule has 0 bridgehead atoms. The number of rotatable bonds is 7. The van der Waals surface area contributed by atoms with Crippen LogP contribution in [0.2, 0.25) is 0 Å². The SMILES string of the molecule is CC(=O)N1CCc2cc(S(=O)(=O)N[C@@H](C(=O)N(C)Cc3ccccc3)C(C)C)ccc21. The Morgan fingerprint density at radius 3 is 2.42 bits per heavy atom. The molecule has 1 aliphatic rings. The monoisotopic (exact) mass is 443 g/mol. The van der Waals surface area contributed by atoms with Crippen LogP contribution in [0.15, 0.2) is 53.4 Å². The Hall–Kier alpha value is -2.71. The van der Waals surface area contributed by atoms with Gasteiger partial charge in [-0.15, -0.1) is 0 Å². The minimum absolute atomic E-state index is 0.0700. The smallest absolute Gasteiger partial charge is 0.241 e. The lowest BCUT2D eigenvalue weighted by Crippen LogP contribution is -2.49. The third-order valence-electron chi connectivity index (χ3n) is 5.49. The molecule has 8 heteroatoms. The topological polar surface area (TPSA) is 86.8 Å². The number of nitrogens with one attached hydrogen (secondary N) is 1. The number of anilines is 1. The van der Waals surface area contributed by atoms with Crippen LogP contribution < -0.4 is 9.62 Å². The summed E-state index contributed by atoms with van der Waals surface area (Å²) in [5.74, 6) is -0.589. The summed E-state index contributed by atoms with van der Waals surface area (Å²) in [6.07, 6.45) is 0.602. The van der Waals surface area contributed by atoms with E-state index < -0.39 is 16.1 Å². The lowest BCUT2D eigenvalue weighted by molar-refractivity contribution is -0.133. The summed E-state index contributed by atoms with van der Waals surface area (Å²) in [5.41, 5.74) is 2.52. The first-order valence-corrected chi connectivity index (χ1v) is 11.8. The molecule has 0 saturated carbocycles. The molecule has 166 valence electrons. The molecule has 0 radical (unpaired) electrons. The number of nitrogens with zero attached hydrogens (tertiary/aromatic N) is 2. The molecule has 7 nitrogen and oxygen atoms in total. The van der Waals surface area contributed by atoms with E-state index in [0.717, 1.165) is 16.8 Å². The third kappa shape index (κ3) is 5.14. The van der Waals surface area contributed by atoms with E-state index in [0.29, 0.717) is 19.5 Å². The van der Waals surface area contributed by atoms with E-state index in [1.165, 1.54) is 17.9 Å². The van der Waals surface area contributed by atoms with Gasteiger partial charge in [-0.25, -0.2) is 8.42 Å². The van der Waals surface area contributed by atoms with Crippen LogP contribution in [-0.4, -0.2) is 44.8 Å².